The summed E-state index contributed by atoms with van der Waals surface area (Å²) in [6.45, 7) is 2.97. The van der Waals surface area contributed by atoms with Crippen molar-refractivity contribution < 1.29 is 0 Å². The largest absolute Gasteiger partial charge is 0.370 e. The molecule has 0 aliphatic carbocycles. The van der Waals surface area contributed by atoms with E-state index in [4.69, 9.17) is 5.73 Å². The van der Waals surface area contributed by atoms with Crippen LogP contribution < -0.4 is 16.4 Å². The highest BCUT2D eigenvalue weighted by Crippen LogP contribution is 2.20. The minimum Gasteiger partial charge on any atom is -0.370 e. The monoisotopic (exact) mass is 249 g/mol. The van der Waals surface area contributed by atoms with Crippen molar-refractivity contribution in [2.45, 2.75) is 13.3 Å². The summed E-state index contributed by atoms with van der Waals surface area (Å²) >= 11 is 1.63. The molecule has 0 aliphatic heterocycles. The Morgan fingerprint density at radius 3 is 2.88 bits per heavy atom. The van der Waals surface area contributed by atoms with E-state index in [9.17, 15) is 0 Å². The van der Waals surface area contributed by atoms with E-state index >= 15 is 0 Å². The molecule has 6 heteroatoms. The van der Waals surface area contributed by atoms with Crippen LogP contribution in [0.3, 0.4) is 0 Å². The molecule has 17 heavy (non-hydrogen) atoms. The fourth-order valence-corrected chi connectivity index (χ4v) is 1.94. The van der Waals surface area contributed by atoms with Gasteiger partial charge in [0.05, 0.1) is 5.69 Å². The lowest BCUT2D eigenvalue weighted by Crippen LogP contribution is -2.06. The molecule has 0 fully saturated rings. The summed E-state index contributed by atoms with van der Waals surface area (Å²) in [5.74, 6) is 1.72. The maximum absolute atomic E-state index is 5.66. The number of aromatic nitrogens is 2. The lowest BCUT2D eigenvalue weighted by molar-refractivity contribution is 0.967. The predicted octanol–water partition coefficient (Wildman–Crippen LogP) is 2.69. The zero-order valence-corrected chi connectivity index (χ0v) is 10.4. The van der Waals surface area contributed by atoms with E-state index in [2.05, 4.69) is 27.5 Å². The normalized spacial score (nSPS) is 10.2. The van der Waals surface area contributed by atoms with Crippen LogP contribution in [0.25, 0.3) is 0 Å². The number of thiophene rings is 1. The molecule has 0 aromatic carbocycles. The molecule has 5 nitrogen and oxygen atoms in total. The van der Waals surface area contributed by atoms with Crippen LogP contribution in [0.5, 0.6) is 0 Å². The fourth-order valence-electron chi connectivity index (χ4n) is 1.36. The Labute approximate surface area is 104 Å². The van der Waals surface area contributed by atoms with Crippen LogP contribution in [0.4, 0.5) is 23.3 Å². The Morgan fingerprint density at radius 2 is 2.18 bits per heavy atom. The van der Waals surface area contributed by atoms with Crippen molar-refractivity contribution >= 4 is 34.6 Å². The summed E-state index contributed by atoms with van der Waals surface area (Å²) in [4.78, 5) is 8.26. The minimum absolute atomic E-state index is 0.267. The van der Waals surface area contributed by atoms with Gasteiger partial charge in [-0.2, -0.15) is 21.3 Å². The molecule has 2 rings (SSSR count). The molecule has 0 unspecified atom stereocenters. The Morgan fingerprint density at radius 1 is 1.35 bits per heavy atom. The molecular formula is C11H15N5S. The first-order valence-corrected chi connectivity index (χ1v) is 6.40. The topological polar surface area (TPSA) is 75.9 Å². The molecule has 4 N–H and O–H groups in total. The molecule has 0 atom stereocenters. The van der Waals surface area contributed by atoms with Crippen molar-refractivity contribution in [2.24, 2.45) is 0 Å². The molecule has 0 radical (unpaired) electrons. The average molecular weight is 249 g/mol. The van der Waals surface area contributed by atoms with Gasteiger partial charge >= 0.3 is 0 Å². The van der Waals surface area contributed by atoms with E-state index in [-0.39, 0.29) is 5.95 Å². The molecule has 0 saturated carbocycles. The van der Waals surface area contributed by atoms with Crippen LogP contribution in [-0.2, 0) is 0 Å². The molecule has 90 valence electrons. The number of hydrogen-bond donors (Lipinski definition) is 3. The van der Waals surface area contributed by atoms with E-state index < -0.39 is 0 Å². The number of nitrogen functional groups attached to an aromatic ring is 1. The smallest absolute Gasteiger partial charge is 0.223 e. The van der Waals surface area contributed by atoms with Gasteiger partial charge in [0.15, 0.2) is 0 Å². The third-order valence-electron chi connectivity index (χ3n) is 2.09. The van der Waals surface area contributed by atoms with Crippen LogP contribution >= 0.6 is 11.3 Å². The molecule has 0 aliphatic rings. The van der Waals surface area contributed by atoms with Crippen LogP contribution in [0.15, 0.2) is 22.9 Å². The quantitative estimate of drug-likeness (QED) is 0.759. The summed E-state index contributed by atoms with van der Waals surface area (Å²) in [5.41, 5.74) is 6.67. The van der Waals surface area contributed by atoms with Gasteiger partial charge in [0.2, 0.25) is 5.95 Å². The van der Waals surface area contributed by atoms with Crippen LogP contribution in [0.2, 0.25) is 0 Å². The molecule has 2 aromatic rings. The maximum Gasteiger partial charge on any atom is 0.223 e. The third-order valence-corrected chi connectivity index (χ3v) is 2.78. The Hall–Kier alpha value is -1.82. The van der Waals surface area contributed by atoms with Gasteiger partial charge in [0.25, 0.3) is 0 Å². The number of nitrogens with zero attached hydrogens (tertiary/aromatic N) is 2. The highest BCUT2D eigenvalue weighted by Gasteiger charge is 2.02. The number of rotatable bonds is 5. The number of hydrogen-bond acceptors (Lipinski definition) is 6. The minimum atomic E-state index is 0.267. The van der Waals surface area contributed by atoms with Crippen molar-refractivity contribution in [3.05, 3.63) is 22.9 Å². The number of nitrogens with two attached hydrogens (primary N) is 1. The highest BCUT2D eigenvalue weighted by atomic mass is 32.1. The van der Waals surface area contributed by atoms with E-state index in [0.29, 0.717) is 5.82 Å². The second-order valence-electron chi connectivity index (χ2n) is 3.56. The number of nitrogens with one attached hydrogen (secondary N) is 2. The zero-order chi connectivity index (χ0) is 12.1. The summed E-state index contributed by atoms with van der Waals surface area (Å²) < 4.78 is 0. The molecule has 0 saturated heterocycles. The van der Waals surface area contributed by atoms with Crippen LogP contribution in [0, 0.1) is 0 Å². The van der Waals surface area contributed by atoms with E-state index in [1.807, 2.05) is 22.9 Å². The first kappa shape index (κ1) is 11.7. The van der Waals surface area contributed by atoms with Gasteiger partial charge in [-0.25, -0.2) is 0 Å². The van der Waals surface area contributed by atoms with E-state index in [1.54, 1.807) is 11.3 Å². The van der Waals surface area contributed by atoms with Gasteiger partial charge in [-0.3, -0.25) is 0 Å². The van der Waals surface area contributed by atoms with E-state index in [1.165, 1.54) is 0 Å². The fraction of sp³-hybridized carbons (Fsp3) is 0.273. The standard InChI is InChI=1S/C11H15N5S/c1-2-4-13-9-6-10(16-11(12)15-9)14-8-3-5-17-7-8/h3,5-7H,2,4H2,1H3,(H4,12,13,14,15,16). The molecule has 2 heterocycles. The van der Waals surface area contributed by atoms with Gasteiger partial charge in [0.1, 0.15) is 11.6 Å². The summed E-state index contributed by atoms with van der Waals surface area (Å²) in [7, 11) is 0. The van der Waals surface area contributed by atoms with Gasteiger partial charge in [-0.15, -0.1) is 0 Å². The summed E-state index contributed by atoms with van der Waals surface area (Å²) in [6, 6.07) is 3.84. The van der Waals surface area contributed by atoms with Crippen molar-refractivity contribution in [1.82, 2.24) is 9.97 Å². The lowest BCUT2D eigenvalue weighted by Gasteiger charge is -2.08. The van der Waals surface area contributed by atoms with Gasteiger partial charge in [0, 0.05) is 18.0 Å². The van der Waals surface area contributed by atoms with Gasteiger partial charge in [-0.1, -0.05) is 6.92 Å². The Bertz CT molecular complexity index is 469. The Kier molecular flexibility index (Phi) is 3.77. The molecular weight excluding hydrogens is 234 g/mol. The highest BCUT2D eigenvalue weighted by molar-refractivity contribution is 7.08. The van der Waals surface area contributed by atoms with Crippen molar-refractivity contribution in [1.29, 1.82) is 0 Å². The van der Waals surface area contributed by atoms with Crippen molar-refractivity contribution in [3.8, 4) is 0 Å². The van der Waals surface area contributed by atoms with Gasteiger partial charge in [-0.05, 0) is 17.9 Å². The zero-order valence-electron chi connectivity index (χ0n) is 9.60. The average Bonchev–Trinajstić information content (AvgIpc) is 2.78. The number of anilines is 4. The summed E-state index contributed by atoms with van der Waals surface area (Å²) in [6.07, 6.45) is 1.04. The van der Waals surface area contributed by atoms with Gasteiger partial charge < -0.3 is 16.4 Å². The lowest BCUT2D eigenvalue weighted by atomic mass is 10.4. The molecule has 2 aromatic heterocycles. The van der Waals surface area contributed by atoms with Crippen LogP contribution in [-0.4, -0.2) is 16.5 Å². The SMILES string of the molecule is CCCNc1cc(Nc2ccsc2)nc(N)n1. The van der Waals surface area contributed by atoms with E-state index in [0.717, 1.165) is 24.5 Å². The summed E-state index contributed by atoms with van der Waals surface area (Å²) in [5, 5.41) is 10.4. The second kappa shape index (κ2) is 5.49. The third kappa shape index (κ3) is 3.32. The van der Waals surface area contributed by atoms with Crippen molar-refractivity contribution in [3.63, 3.8) is 0 Å². The maximum atomic E-state index is 5.66. The Balaban J connectivity index is 2.13. The molecule has 0 bridgehead atoms. The molecule has 0 spiro atoms. The predicted molar refractivity (Wildman–Crippen MR) is 72.8 cm³/mol. The second-order valence-corrected chi connectivity index (χ2v) is 4.34. The molecule has 0 amide bonds. The first-order chi connectivity index (χ1) is 8.28. The first-order valence-electron chi connectivity index (χ1n) is 5.45. The van der Waals surface area contributed by atoms with Crippen molar-refractivity contribution in [2.75, 3.05) is 22.9 Å². The van der Waals surface area contributed by atoms with Crippen LogP contribution in [0.1, 0.15) is 13.3 Å².